The van der Waals surface area contributed by atoms with Gasteiger partial charge >= 0.3 is 0 Å². The maximum atomic E-state index is 2.36. The van der Waals surface area contributed by atoms with Crippen LogP contribution < -0.4 is 0 Å². The van der Waals surface area contributed by atoms with Gasteiger partial charge in [0.2, 0.25) is 0 Å². The highest BCUT2D eigenvalue weighted by atomic mass is 32.2. The van der Waals surface area contributed by atoms with Gasteiger partial charge in [-0.15, -0.1) is 11.8 Å². The largest absolute Gasteiger partial charge is 0.131 e. The maximum absolute atomic E-state index is 2.36. The van der Waals surface area contributed by atoms with E-state index in [0.717, 1.165) is 0 Å². The first-order chi connectivity index (χ1) is 7.93. The number of thioether (sulfide) groups is 1. The van der Waals surface area contributed by atoms with Crippen LogP contribution in [0.25, 0.3) is 16.8 Å². The van der Waals surface area contributed by atoms with E-state index < -0.39 is 0 Å². The van der Waals surface area contributed by atoms with Crippen molar-refractivity contribution < 1.29 is 0 Å². The summed E-state index contributed by atoms with van der Waals surface area (Å²) < 4.78 is 0. The first-order valence-electron chi connectivity index (χ1n) is 5.75. The van der Waals surface area contributed by atoms with Crippen LogP contribution in [0.1, 0.15) is 18.4 Å². The summed E-state index contributed by atoms with van der Waals surface area (Å²) in [5.74, 6) is 1.29. The number of benzene rings is 2. The van der Waals surface area contributed by atoms with Crippen molar-refractivity contribution in [2.75, 3.05) is 5.75 Å². The number of allylic oxidation sites excluding steroid dienone is 1. The van der Waals surface area contributed by atoms with E-state index in [-0.39, 0.29) is 0 Å². The van der Waals surface area contributed by atoms with E-state index in [1.54, 1.807) is 0 Å². The van der Waals surface area contributed by atoms with Crippen LogP contribution in [-0.2, 0) is 0 Å². The van der Waals surface area contributed by atoms with Crippen molar-refractivity contribution in [1.82, 2.24) is 0 Å². The number of rotatable bonds is 1. The second-order valence-electron chi connectivity index (χ2n) is 4.13. The molecule has 0 aromatic heterocycles. The molecule has 1 aliphatic heterocycles. The van der Waals surface area contributed by atoms with Crippen LogP contribution in [0, 0.1) is 0 Å². The molecule has 0 unspecified atom stereocenters. The summed E-state index contributed by atoms with van der Waals surface area (Å²) >= 11 is 2.01. The number of hydrogen-bond donors (Lipinski definition) is 0. The molecule has 0 aliphatic carbocycles. The van der Waals surface area contributed by atoms with Gasteiger partial charge in [0.1, 0.15) is 0 Å². The number of fused-ring (bicyclic) bond motifs is 1. The van der Waals surface area contributed by atoms with Crippen LogP contribution in [0.3, 0.4) is 0 Å². The van der Waals surface area contributed by atoms with E-state index >= 15 is 0 Å². The van der Waals surface area contributed by atoms with E-state index in [1.165, 1.54) is 39.8 Å². The molecule has 0 N–H and O–H groups in total. The summed E-state index contributed by atoms with van der Waals surface area (Å²) in [4.78, 5) is 1.54. The molecular weight excluding hydrogens is 212 g/mol. The van der Waals surface area contributed by atoms with Gasteiger partial charge in [0, 0.05) is 0 Å². The minimum Gasteiger partial charge on any atom is -0.131 e. The molecule has 0 atom stereocenters. The summed E-state index contributed by atoms with van der Waals surface area (Å²) in [5, 5.41) is 2.70. The van der Waals surface area contributed by atoms with E-state index in [9.17, 15) is 0 Å². The Bertz CT molecular complexity index is 527. The minimum absolute atomic E-state index is 1.26. The van der Waals surface area contributed by atoms with E-state index in [2.05, 4.69) is 48.5 Å². The van der Waals surface area contributed by atoms with Crippen molar-refractivity contribution in [3.8, 4) is 0 Å². The van der Waals surface area contributed by atoms with Crippen LogP contribution in [0.2, 0.25) is 0 Å². The zero-order chi connectivity index (χ0) is 10.8. The molecule has 16 heavy (non-hydrogen) atoms. The third kappa shape index (κ3) is 1.88. The molecule has 2 aromatic rings. The van der Waals surface area contributed by atoms with Gasteiger partial charge in [0.15, 0.2) is 0 Å². The lowest BCUT2D eigenvalue weighted by Crippen LogP contribution is -1.78. The molecule has 0 bridgehead atoms. The third-order valence-electron chi connectivity index (χ3n) is 2.99. The Morgan fingerprint density at radius 1 is 1.00 bits per heavy atom. The van der Waals surface area contributed by atoms with Gasteiger partial charge in [0.25, 0.3) is 0 Å². The Kier molecular flexibility index (Phi) is 2.71. The van der Waals surface area contributed by atoms with Crippen LogP contribution >= 0.6 is 11.8 Å². The summed E-state index contributed by atoms with van der Waals surface area (Å²) in [6.45, 7) is 0. The van der Waals surface area contributed by atoms with Crippen molar-refractivity contribution >= 4 is 28.6 Å². The second kappa shape index (κ2) is 4.34. The molecule has 2 aromatic carbocycles. The molecule has 1 fully saturated rings. The van der Waals surface area contributed by atoms with E-state index in [0.29, 0.717) is 0 Å². The standard InChI is InChI=1S/C15H14S/c1-2-9-15-12(5-1)6-3-7-13(15)11-14-8-4-10-16-14/h1-3,5-7,9,11H,4,8,10H2/b14-11+. The Morgan fingerprint density at radius 3 is 2.75 bits per heavy atom. The highest BCUT2D eigenvalue weighted by Gasteiger charge is 2.07. The fourth-order valence-electron chi connectivity index (χ4n) is 2.19. The molecule has 1 heterocycles. The molecule has 0 amide bonds. The topological polar surface area (TPSA) is 0 Å². The summed E-state index contributed by atoms with van der Waals surface area (Å²) in [5.41, 5.74) is 1.36. The summed E-state index contributed by atoms with van der Waals surface area (Å²) in [6, 6.07) is 15.2. The van der Waals surface area contributed by atoms with Gasteiger partial charge < -0.3 is 0 Å². The lowest BCUT2D eigenvalue weighted by molar-refractivity contribution is 0.999. The van der Waals surface area contributed by atoms with E-state index in [1.807, 2.05) is 11.8 Å². The van der Waals surface area contributed by atoms with Gasteiger partial charge in [-0.05, 0) is 45.9 Å². The molecule has 1 saturated heterocycles. The van der Waals surface area contributed by atoms with Gasteiger partial charge in [-0.3, -0.25) is 0 Å². The predicted octanol–water partition coefficient (Wildman–Crippen LogP) is 4.71. The Balaban J connectivity index is 2.12. The molecule has 1 heteroatoms. The zero-order valence-corrected chi connectivity index (χ0v) is 9.96. The third-order valence-corrected chi connectivity index (χ3v) is 4.18. The second-order valence-corrected chi connectivity index (χ2v) is 5.35. The lowest BCUT2D eigenvalue weighted by atomic mass is 10.0. The Morgan fingerprint density at radius 2 is 1.88 bits per heavy atom. The maximum Gasteiger partial charge on any atom is -0.00199 e. The highest BCUT2D eigenvalue weighted by Crippen LogP contribution is 2.33. The normalized spacial score (nSPS) is 18.4. The molecule has 0 saturated carbocycles. The van der Waals surface area contributed by atoms with Crippen LogP contribution in [0.5, 0.6) is 0 Å². The van der Waals surface area contributed by atoms with Crippen molar-refractivity contribution in [3.63, 3.8) is 0 Å². The van der Waals surface area contributed by atoms with Gasteiger partial charge in [-0.25, -0.2) is 0 Å². The molecule has 80 valence electrons. The van der Waals surface area contributed by atoms with Gasteiger partial charge in [-0.2, -0.15) is 0 Å². The van der Waals surface area contributed by atoms with Crippen LogP contribution in [0.15, 0.2) is 47.4 Å². The smallest absolute Gasteiger partial charge is 0.00199 e. The molecular formula is C15H14S. The minimum atomic E-state index is 1.26. The van der Waals surface area contributed by atoms with Crippen molar-refractivity contribution in [1.29, 1.82) is 0 Å². The average Bonchev–Trinajstić information content (AvgIpc) is 2.82. The lowest BCUT2D eigenvalue weighted by Gasteiger charge is -2.03. The van der Waals surface area contributed by atoms with Crippen molar-refractivity contribution in [3.05, 3.63) is 52.9 Å². The number of hydrogen-bond acceptors (Lipinski definition) is 1. The first-order valence-corrected chi connectivity index (χ1v) is 6.73. The Hall–Kier alpha value is -1.21. The fourth-order valence-corrected chi connectivity index (χ4v) is 3.24. The molecule has 3 rings (SSSR count). The highest BCUT2D eigenvalue weighted by molar-refractivity contribution is 8.03. The quantitative estimate of drug-likeness (QED) is 0.678. The molecule has 0 radical (unpaired) electrons. The van der Waals surface area contributed by atoms with Crippen LogP contribution in [-0.4, -0.2) is 5.75 Å². The fraction of sp³-hybridized carbons (Fsp3) is 0.200. The predicted molar refractivity (Wildman–Crippen MR) is 73.6 cm³/mol. The van der Waals surface area contributed by atoms with Gasteiger partial charge in [-0.1, -0.05) is 42.5 Å². The van der Waals surface area contributed by atoms with Crippen LogP contribution in [0.4, 0.5) is 0 Å². The first kappa shape index (κ1) is 9.98. The van der Waals surface area contributed by atoms with Crippen molar-refractivity contribution in [2.24, 2.45) is 0 Å². The van der Waals surface area contributed by atoms with Gasteiger partial charge in [0.05, 0.1) is 0 Å². The summed E-state index contributed by atoms with van der Waals surface area (Å²) in [6.07, 6.45) is 4.95. The monoisotopic (exact) mass is 226 g/mol. The molecule has 1 aliphatic rings. The van der Waals surface area contributed by atoms with E-state index in [4.69, 9.17) is 0 Å². The summed E-state index contributed by atoms with van der Waals surface area (Å²) in [7, 11) is 0. The zero-order valence-electron chi connectivity index (χ0n) is 9.15. The van der Waals surface area contributed by atoms with Crippen molar-refractivity contribution in [2.45, 2.75) is 12.8 Å². The SMILES string of the molecule is C(=C1/CCCS1)/c1cccc2ccccc12. The molecule has 0 nitrogen and oxygen atoms in total. The Labute approximate surface area is 100 Å². The molecule has 0 spiro atoms. The average molecular weight is 226 g/mol.